The summed E-state index contributed by atoms with van der Waals surface area (Å²) in [7, 11) is -1.87. The van der Waals surface area contributed by atoms with E-state index in [1.807, 2.05) is 6.92 Å². The van der Waals surface area contributed by atoms with Crippen molar-refractivity contribution in [2.75, 3.05) is 6.66 Å². The molecule has 1 aromatic rings. The number of nitrogens with zero attached hydrogens (tertiary/aromatic N) is 1. The summed E-state index contributed by atoms with van der Waals surface area (Å²) in [5, 5.41) is 13.9. The van der Waals surface area contributed by atoms with Crippen LogP contribution in [0.2, 0.25) is 0 Å². The minimum Gasteiger partial charge on any atom is -0.808 e. The van der Waals surface area contributed by atoms with Gasteiger partial charge in [0.15, 0.2) is 0 Å². The number of nitro groups is 1. The van der Waals surface area contributed by atoms with E-state index in [9.17, 15) is 19.8 Å². The maximum absolute atomic E-state index is 11.6. The number of hydrogen-bond acceptors (Lipinski definition) is 5. The molecule has 8 heteroatoms. The van der Waals surface area contributed by atoms with Gasteiger partial charge in [-0.05, 0) is 31.6 Å². The fourth-order valence-electron chi connectivity index (χ4n) is 2.11. The number of hydrogen-bond donors (Lipinski definition) is 1. The molecule has 1 aromatic carbocycles. The molecule has 1 N–H and O–H groups in total. The van der Waals surface area contributed by atoms with Crippen LogP contribution in [0.15, 0.2) is 18.2 Å². The molecule has 23 heavy (non-hydrogen) atoms. The Hall–Kier alpha value is -1.56. The summed E-state index contributed by atoms with van der Waals surface area (Å²) in [6, 6.07) is 4.59. The molecule has 1 amide bonds. The molecule has 0 bridgehead atoms. The zero-order valence-corrected chi connectivity index (χ0v) is 14.5. The number of nitrogens with one attached hydrogen (secondary N) is 1. The number of rotatable bonds is 9. The van der Waals surface area contributed by atoms with E-state index in [1.165, 1.54) is 12.7 Å². The Morgan fingerprint density at radius 1 is 1.48 bits per heavy atom. The zero-order chi connectivity index (χ0) is 17.4. The largest absolute Gasteiger partial charge is 0.808 e. The molecule has 0 saturated heterocycles. The summed E-state index contributed by atoms with van der Waals surface area (Å²) in [5.74, 6) is -0.0484. The van der Waals surface area contributed by atoms with Crippen molar-refractivity contribution in [1.82, 2.24) is 5.32 Å². The third-order valence-corrected chi connectivity index (χ3v) is 3.89. The molecule has 0 aliphatic rings. The van der Waals surface area contributed by atoms with Gasteiger partial charge in [0.1, 0.15) is 0 Å². The predicted octanol–water partition coefficient (Wildman–Crippen LogP) is 2.78. The molecule has 1 rings (SSSR count). The first-order chi connectivity index (χ1) is 10.8. The second-order valence-electron chi connectivity index (χ2n) is 5.22. The van der Waals surface area contributed by atoms with Crippen LogP contribution in [-0.2, 0) is 15.9 Å². The van der Waals surface area contributed by atoms with Gasteiger partial charge in [-0.1, -0.05) is 27.8 Å². The first kappa shape index (κ1) is 19.5. The molecule has 0 aromatic heterocycles. The maximum Gasteiger partial charge on any atom is 0.275 e. The number of carbonyl (C=O) groups excluding carboxylic acids is 1. The SMILES string of the molecule is CCCCC(=O)NCc1ccc([N+](=O)[O-])c(C(C)OP(C)[O-])c1. The smallest absolute Gasteiger partial charge is 0.275 e. The van der Waals surface area contributed by atoms with Gasteiger partial charge in [-0.15, -0.1) is 0 Å². The topological polar surface area (TPSA) is 105 Å². The van der Waals surface area contributed by atoms with Crippen molar-refractivity contribution < 1.29 is 19.1 Å². The van der Waals surface area contributed by atoms with Crippen molar-refractivity contribution in [2.45, 2.75) is 45.8 Å². The highest BCUT2D eigenvalue weighted by Gasteiger charge is 2.20. The van der Waals surface area contributed by atoms with E-state index in [0.29, 0.717) is 18.5 Å². The second kappa shape index (κ2) is 9.55. The lowest BCUT2D eigenvalue weighted by atomic mass is 10.0. The van der Waals surface area contributed by atoms with Crippen molar-refractivity contribution in [3.63, 3.8) is 0 Å². The third-order valence-electron chi connectivity index (χ3n) is 3.28. The van der Waals surface area contributed by atoms with Crippen LogP contribution in [0.25, 0.3) is 0 Å². The molecule has 128 valence electrons. The van der Waals surface area contributed by atoms with Crippen LogP contribution in [0.3, 0.4) is 0 Å². The second-order valence-corrected chi connectivity index (χ2v) is 6.31. The number of unbranched alkanes of at least 4 members (excludes halogenated alkanes) is 1. The normalized spacial score (nSPS) is 13.4. The van der Waals surface area contributed by atoms with Crippen LogP contribution in [0.4, 0.5) is 5.69 Å². The summed E-state index contributed by atoms with van der Waals surface area (Å²) in [4.78, 5) is 33.5. The van der Waals surface area contributed by atoms with Crippen molar-refractivity contribution in [2.24, 2.45) is 0 Å². The van der Waals surface area contributed by atoms with Gasteiger partial charge in [-0.3, -0.25) is 14.9 Å². The first-order valence-electron chi connectivity index (χ1n) is 7.46. The molecule has 0 fully saturated rings. The van der Waals surface area contributed by atoms with Crippen LogP contribution in [0, 0.1) is 10.1 Å². The third kappa shape index (κ3) is 6.60. The molecular formula is C15H22N2O5P-. The lowest BCUT2D eigenvalue weighted by Crippen LogP contribution is -2.22. The molecular weight excluding hydrogens is 319 g/mol. The van der Waals surface area contributed by atoms with Gasteiger partial charge in [-0.25, -0.2) is 0 Å². The standard InChI is InChI=1S/C15H22N2O5P/c1-4-5-6-15(18)16-10-12-7-8-14(17(19)20)13(9-12)11(2)22-23(3)21/h7-9,11H,4-6,10H2,1-3H3,(H,16,18)/q-1. The Balaban J connectivity index is 2.86. The number of benzene rings is 1. The molecule has 0 aliphatic carbocycles. The van der Waals surface area contributed by atoms with E-state index in [-0.39, 0.29) is 11.6 Å². The molecule has 0 spiro atoms. The van der Waals surface area contributed by atoms with Crippen LogP contribution in [-0.4, -0.2) is 17.5 Å². The highest BCUT2D eigenvalue weighted by molar-refractivity contribution is 7.43. The Kier molecular flexibility index (Phi) is 8.09. The Morgan fingerprint density at radius 3 is 2.74 bits per heavy atom. The van der Waals surface area contributed by atoms with Gasteiger partial charge < -0.3 is 14.7 Å². The number of nitro benzene ring substituents is 1. The fourth-order valence-corrected chi connectivity index (χ4v) is 2.67. The highest BCUT2D eigenvalue weighted by Crippen LogP contribution is 2.35. The van der Waals surface area contributed by atoms with Crippen molar-refractivity contribution in [1.29, 1.82) is 0 Å². The average molecular weight is 341 g/mol. The van der Waals surface area contributed by atoms with Gasteiger partial charge in [0, 0.05) is 19.0 Å². The first-order valence-corrected chi connectivity index (χ1v) is 9.09. The van der Waals surface area contributed by atoms with E-state index in [2.05, 4.69) is 5.32 Å². The molecule has 7 nitrogen and oxygen atoms in total. The predicted molar refractivity (Wildman–Crippen MR) is 86.8 cm³/mol. The minimum absolute atomic E-state index is 0.0484. The van der Waals surface area contributed by atoms with Gasteiger partial charge in [0.25, 0.3) is 5.69 Å². The molecule has 0 radical (unpaired) electrons. The van der Waals surface area contributed by atoms with Gasteiger partial charge in [0.2, 0.25) is 5.91 Å². The number of carbonyl (C=O) groups is 1. The molecule has 2 unspecified atom stereocenters. The Labute approximate surface area is 137 Å². The van der Waals surface area contributed by atoms with E-state index in [1.54, 1.807) is 19.1 Å². The van der Waals surface area contributed by atoms with Crippen molar-refractivity contribution in [3.05, 3.63) is 39.4 Å². The number of amides is 1. The quantitative estimate of drug-likeness (QED) is 0.422. The van der Waals surface area contributed by atoms with E-state index < -0.39 is 19.4 Å². The summed E-state index contributed by atoms with van der Waals surface area (Å²) >= 11 is 0. The van der Waals surface area contributed by atoms with Crippen molar-refractivity contribution in [3.8, 4) is 0 Å². The Morgan fingerprint density at radius 2 is 2.17 bits per heavy atom. The van der Waals surface area contributed by atoms with Crippen LogP contribution < -0.4 is 10.2 Å². The van der Waals surface area contributed by atoms with Gasteiger partial charge in [-0.2, -0.15) is 0 Å². The summed E-state index contributed by atoms with van der Waals surface area (Å²) < 4.78 is 5.18. The molecule has 0 aliphatic heterocycles. The summed E-state index contributed by atoms with van der Waals surface area (Å²) in [5.41, 5.74) is 0.994. The van der Waals surface area contributed by atoms with Crippen molar-refractivity contribution >= 4 is 20.0 Å². The Bertz CT molecular complexity index is 551. The van der Waals surface area contributed by atoms with E-state index in [4.69, 9.17) is 4.52 Å². The van der Waals surface area contributed by atoms with Crippen LogP contribution >= 0.6 is 8.38 Å². The monoisotopic (exact) mass is 341 g/mol. The summed E-state index contributed by atoms with van der Waals surface area (Å²) in [6.07, 6.45) is 1.57. The van der Waals surface area contributed by atoms with Crippen LogP contribution in [0.1, 0.15) is 50.3 Å². The van der Waals surface area contributed by atoms with Crippen LogP contribution in [0.5, 0.6) is 0 Å². The maximum atomic E-state index is 11.6. The molecule has 0 saturated carbocycles. The van der Waals surface area contributed by atoms with Gasteiger partial charge in [0.05, 0.1) is 16.6 Å². The summed E-state index contributed by atoms with van der Waals surface area (Å²) in [6.45, 7) is 5.31. The highest BCUT2D eigenvalue weighted by atomic mass is 31.2. The average Bonchev–Trinajstić information content (AvgIpc) is 2.49. The van der Waals surface area contributed by atoms with E-state index >= 15 is 0 Å². The minimum atomic E-state index is -1.87. The van der Waals surface area contributed by atoms with E-state index in [0.717, 1.165) is 18.4 Å². The fraction of sp³-hybridized carbons (Fsp3) is 0.533. The lowest BCUT2D eigenvalue weighted by molar-refractivity contribution is -0.386. The van der Waals surface area contributed by atoms with Gasteiger partial charge >= 0.3 is 0 Å². The molecule has 2 atom stereocenters. The lowest BCUT2D eigenvalue weighted by Gasteiger charge is -2.23. The zero-order valence-electron chi connectivity index (χ0n) is 13.6. The molecule has 0 heterocycles.